The Hall–Kier alpha value is -1.13. The van der Waals surface area contributed by atoms with Crippen LogP contribution < -0.4 is 10.1 Å². The summed E-state index contributed by atoms with van der Waals surface area (Å²) in [6, 6.07) is 5.98. The second kappa shape index (κ2) is 5.47. The highest BCUT2D eigenvalue weighted by molar-refractivity contribution is 5.31. The highest BCUT2D eigenvalue weighted by Gasteiger charge is 2.34. The van der Waals surface area contributed by atoms with Gasteiger partial charge in [-0.3, -0.25) is 4.90 Å². The zero-order valence-electron chi connectivity index (χ0n) is 11.4. The Bertz CT molecular complexity index is 438. The summed E-state index contributed by atoms with van der Waals surface area (Å²) in [7, 11) is 1.51. The molecule has 3 rings (SSSR count). The van der Waals surface area contributed by atoms with E-state index in [0.717, 1.165) is 31.1 Å². The van der Waals surface area contributed by atoms with E-state index in [1.54, 1.807) is 6.07 Å². The smallest absolute Gasteiger partial charge is 0.169 e. The van der Waals surface area contributed by atoms with Crippen molar-refractivity contribution in [2.75, 3.05) is 26.7 Å². The molecule has 2 unspecified atom stereocenters. The molecule has 3 nitrogen and oxygen atoms in total. The SMILES string of the molecule is COc1cccc(CN2CC3CCCNC3C2)c1F. The summed E-state index contributed by atoms with van der Waals surface area (Å²) < 4.78 is 19.2. The van der Waals surface area contributed by atoms with Crippen LogP contribution in [0.4, 0.5) is 4.39 Å². The van der Waals surface area contributed by atoms with Crippen molar-refractivity contribution in [2.45, 2.75) is 25.4 Å². The van der Waals surface area contributed by atoms with Gasteiger partial charge in [0.05, 0.1) is 7.11 Å². The van der Waals surface area contributed by atoms with E-state index in [2.05, 4.69) is 10.2 Å². The van der Waals surface area contributed by atoms with Crippen LogP contribution in [0, 0.1) is 11.7 Å². The predicted octanol–water partition coefficient (Wildman–Crippen LogP) is 2.02. The molecule has 19 heavy (non-hydrogen) atoms. The summed E-state index contributed by atoms with van der Waals surface area (Å²) >= 11 is 0. The van der Waals surface area contributed by atoms with E-state index < -0.39 is 0 Å². The summed E-state index contributed by atoms with van der Waals surface area (Å²) in [6.07, 6.45) is 2.57. The van der Waals surface area contributed by atoms with Gasteiger partial charge in [-0.25, -0.2) is 4.39 Å². The number of nitrogens with zero attached hydrogens (tertiary/aromatic N) is 1. The van der Waals surface area contributed by atoms with Gasteiger partial charge in [-0.15, -0.1) is 0 Å². The molecule has 1 aromatic rings. The predicted molar refractivity (Wildman–Crippen MR) is 72.7 cm³/mol. The van der Waals surface area contributed by atoms with Gasteiger partial charge in [0.1, 0.15) is 0 Å². The lowest BCUT2D eigenvalue weighted by Gasteiger charge is -2.24. The normalized spacial score (nSPS) is 27.3. The van der Waals surface area contributed by atoms with Gasteiger partial charge in [-0.05, 0) is 31.4 Å². The molecule has 0 spiro atoms. The molecule has 1 aromatic carbocycles. The van der Waals surface area contributed by atoms with E-state index in [4.69, 9.17) is 4.74 Å². The molecule has 2 aliphatic heterocycles. The van der Waals surface area contributed by atoms with Crippen molar-refractivity contribution in [3.8, 4) is 5.75 Å². The van der Waals surface area contributed by atoms with Crippen LogP contribution >= 0.6 is 0 Å². The fraction of sp³-hybridized carbons (Fsp3) is 0.600. The van der Waals surface area contributed by atoms with Crippen molar-refractivity contribution in [3.05, 3.63) is 29.6 Å². The third-order valence-corrected chi connectivity index (χ3v) is 4.33. The molecule has 104 valence electrons. The van der Waals surface area contributed by atoms with Crippen molar-refractivity contribution in [3.63, 3.8) is 0 Å². The number of ether oxygens (including phenoxy) is 1. The molecule has 2 fully saturated rings. The van der Waals surface area contributed by atoms with Gasteiger partial charge in [0.15, 0.2) is 11.6 Å². The fourth-order valence-electron chi connectivity index (χ4n) is 3.34. The van der Waals surface area contributed by atoms with E-state index in [1.807, 2.05) is 12.1 Å². The van der Waals surface area contributed by atoms with E-state index in [-0.39, 0.29) is 5.82 Å². The van der Waals surface area contributed by atoms with Crippen LogP contribution in [-0.2, 0) is 6.54 Å². The number of methoxy groups -OCH3 is 1. The molecule has 4 heteroatoms. The minimum absolute atomic E-state index is 0.215. The Balaban J connectivity index is 1.69. The van der Waals surface area contributed by atoms with E-state index >= 15 is 0 Å². The van der Waals surface area contributed by atoms with Crippen molar-refractivity contribution < 1.29 is 9.13 Å². The number of halogens is 1. The van der Waals surface area contributed by atoms with Gasteiger partial charge in [0.2, 0.25) is 0 Å². The number of hydrogen-bond acceptors (Lipinski definition) is 3. The van der Waals surface area contributed by atoms with Crippen LogP contribution in [0.3, 0.4) is 0 Å². The lowest BCUT2D eigenvalue weighted by atomic mass is 9.94. The monoisotopic (exact) mass is 264 g/mol. The molecule has 0 saturated carbocycles. The molecule has 2 heterocycles. The summed E-state index contributed by atoms with van der Waals surface area (Å²) in [5, 5.41) is 3.57. The first-order valence-corrected chi connectivity index (χ1v) is 7.05. The highest BCUT2D eigenvalue weighted by atomic mass is 19.1. The summed E-state index contributed by atoms with van der Waals surface area (Å²) in [6.45, 7) is 3.91. The number of fused-ring (bicyclic) bond motifs is 1. The average molecular weight is 264 g/mol. The lowest BCUT2D eigenvalue weighted by Crippen LogP contribution is -2.40. The van der Waals surface area contributed by atoms with Gasteiger partial charge >= 0.3 is 0 Å². The molecular formula is C15H21FN2O. The Morgan fingerprint density at radius 2 is 2.32 bits per heavy atom. The molecule has 0 amide bonds. The lowest BCUT2D eigenvalue weighted by molar-refractivity contribution is 0.304. The number of likely N-dealkylation sites (tertiary alicyclic amines) is 1. The molecule has 1 N–H and O–H groups in total. The van der Waals surface area contributed by atoms with Gasteiger partial charge in [0.25, 0.3) is 0 Å². The maximum atomic E-state index is 14.1. The number of piperidine rings is 1. The van der Waals surface area contributed by atoms with Crippen molar-refractivity contribution in [1.82, 2.24) is 10.2 Å². The molecule has 0 radical (unpaired) electrons. The molecule has 0 bridgehead atoms. The summed E-state index contributed by atoms with van der Waals surface area (Å²) in [5.41, 5.74) is 0.734. The first-order chi connectivity index (χ1) is 9.28. The zero-order valence-corrected chi connectivity index (χ0v) is 11.4. The topological polar surface area (TPSA) is 24.5 Å². The fourth-order valence-corrected chi connectivity index (χ4v) is 3.34. The van der Waals surface area contributed by atoms with Gasteiger partial charge in [-0.2, -0.15) is 0 Å². The standard InChI is InChI=1S/C15H21FN2O/c1-19-14-6-2-4-12(15(14)16)9-18-8-11-5-3-7-17-13(11)10-18/h2,4,6,11,13,17H,3,5,7-10H2,1H3. The largest absolute Gasteiger partial charge is 0.494 e. The molecule has 2 atom stereocenters. The number of rotatable bonds is 3. The van der Waals surface area contributed by atoms with Crippen LogP contribution in [-0.4, -0.2) is 37.7 Å². The number of benzene rings is 1. The Labute approximate surface area is 113 Å². The van der Waals surface area contributed by atoms with Crippen LogP contribution in [0.5, 0.6) is 5.75 Å². The second-order valence-corrected chi connectivity index (χ2v) is 5.59. The maximum absolute atomic E-state index is 14.1. The van der Waals surface area contributed by atoms with E-state index in [1.165, 1.54) is 20.0 Å². The summed E-state index contributed by atoms with van der Waals surface area (Å²) in [5.74, 6) is 0.863. The van der Waals surface area contributed by atoms with Crippen LogP contribution in [0.1, 0.15) is 18.4 Å². The van der Waals surface area contributed by atoms with Gasteiger partial charge < -0.3 is 10.1 Å². The van der Waals surface area contributed by atoms with Crippen molar-refractivity contribution >= 4 is 0 Å². The summed E-state index contributed by atoms with van der Waals surface area (Å²) in [4.78, 5) is 2.35. The molecule has 0 aliphatic carbocycles. The minimum atomic E-state index is -0.215. The van der Waals surface area contributed by atoms with Crippen molar-refractivity contribution in [1.29, 1.82) is 0 Å². The first kappa shape index (κ1) is 12.9. The van der Waals surface area contributed by atoms with E-state index in [0.29, 0.717) is 18.3 Å². The third-order valence-electron chi connectivity index (χ3n) is 4.33. The van der Waals surface area contributed by atoms with Crippen molar-refractivity contribution in [2.24, 2.45) is 5.92 Å². The first-order valence-electron chi connectivity index (χ1n) is 7.05. The maximum Gasteiger partial charge on any atom is 0.169 e. The second-order valence-electron chi connectivity index (χ2n) is 5.59. The molecular weight excluding hydrogens is 243 g/mol. The van der Waals surface area contributed by atoms with E-state index in [9.17, 15) is 4.39 Å². The number of hydrogen-bond donors (Lipinski definition) is 1. The van der Waals surface area contributed by atoms with Gasteiger partial charge in [-0.1, -0.05) is 12.1 Å². The number of nitrogens with one attached hydrogen (secondary N) is 1. The van der Waals surface area contributed by atoms with Crippen LogP contribution in [0.2, 0.25) is 0 Å². The average Bonchev–Trinajstić information content (AvgIpc) is 2.83. The third kappa shape index (κ3) is 2.60. The molecule has 2 aliphatic rings. The quantitative estimate of drug-likeness (QED) is 0.904. The van der Waals surface area contributed by atoms with Crippen LogP contribution in [0.25, 0.3) is 0 Å². The minimum Gasteiger partial charge on any atom is -0.494 e. The molecule has 0 aromatic heterocycles. The Morgan fingerprint density at radius 1 is 1.42 bits per heavy atom. The Kier molecular flexibility index (Phi) is 3.71. The highest BCUT2D eigenvalue weighted by Crippen LogP contribution is 2.28. The van der Waals surface area contributed by atoms with Crippen LogP contribution in [0.15, 0.2) is 18.2 Å². The Morgan fingerprint density at radius 3 is 3.11 bits per heavy atom. The zero-order chi connectivity index (χ0) is 13.2. The van der Waals surface area contributed by atoms with Gasteiger partial charge in [0, 0.05) is 31.2 Å². The molecule has 2 saturated heterocycles.